The Hall–Kier alpha value is -4.51. The smallest absolute Gasteiger partial charge is 0.301 e. The lowest BCUT2D eigenvalue weighted by Gasteiger charge is -2.24. The van der Waals surface area contributed by atoms with Crippen molar-refractivity contribution in [3.05, 3.63) is 75.2 Å². The summed E-state index contributed by atoms with van der Waals surface area (Å²) in [5, 5.41) is 12.0. The monoisotopic (exact) mass is 616 g/mol. The molecule has 0 saturated carbocycles. The fourth-order valence-corrected chi connectivity index (χ4v) is 6.31. The van der Waals surface area contributed by atoms with E-state index in [-0.39, 0.29) is 22.2 Å². The summed E-state index contributed by atoms with van der Waals surface area (Å²) in [4.78, 5) is 50.6. The zero-order chi connectivity index (χ0) is 31.9. The number of aromatic nitrogens is 3. The molecule has 44 heavy (non-hydrogen) atoms. The van der Waals surface area contributed by atoms with Crippen LogP contribution in [0.15, 0.2) is 42.1 Å². The van der Waals surface area contributed by atoms with Crippen molar-refractivity contribution in [1.82, 2.24) is 14.4 Å². The molecule has 0 bridgehead atoms. The number of nitrogens with zero attached hydrogens (tertiary/aromatic N) is 4. The van der Waals surface area contributed by atoms with Gasteiger partial charge in [-0.15, -0.1) is 0 Å². The highest BCUT2D eigenvalue weighted by Crippen LogP contribution is 2.46. The van der Waals surface area contributed by atoms with Crippen LogP contribution in [0.2, 0.25) is 0 Å². The molecule has 1 saturated heterocycles. The number of carbonyl (C=O) groups is 3. The van der Waals surface area contributed by atoms with Crippen LogP contribution in [0.5, 0.6) is 11.5 Å². The van der Waals surface area contributed by atoms with Crippen molar-refractivity contribution in [2.75, 3.05) is 18.1 Å². The molecular weight excluding hydrogens is 580 g/mol. The van der Waals surface area contributed by atoms with Crippen LogP contribution in [0.4, 0.5) is 5.13 Å². The third-order valence-corrected chi connectivity index (χ3v) is 8.86. The summed E-state index contributed by atoms with van der Waals surface area (Å²) in [5.74, 6) is -0.912. The van der Waals surface area contributed by atoms with Gasteiger partial charge in [0.25, 0.3) is 5.78 Å². The maximum Gasteiger partial charge on any atom is 0.301 e. The number of aliphatic hydroxyl groups excluding tert-OH is 1. The van der Waals surface area contributed by atoms with Crippen LogP contribution in [-0.2, 0) is 9.59 Å². The number of fused-ring (bicyclic) bond motifs is 1. The van der Waals surface area contributed by atoms with E-state index in [1.807, 2.05) is 36.6 Å². The first-order valence-corrected chi connectivity index (χ1v) is 15.4. The van der Waals surface area contributed by atoms with Gasteiger partial charge < -0.3 is 19.0 Å². The molecule has 4 aromatic rings. The van der Waals surface area contributed by atoms with Gasteiger partial charge in [0, 0.05) is 13.1 Å². The Bertz CT molecular complexity index is 1820. The van der Waals surface area contributed by atoms with Crippen LogP contribution < -0.4 is 14.4 Å². The number of hydrogen-bond donors (Lipinski definition) is 1. The molecule has 10 nitrogen and oxygen atoms in total. The topological polar surface area (TPSA) is 123 Å². The van der Waals surface area contributed by atoms with Crippen LogP contribution in [0.25, 0.3) is 11.4 Å². The van der Waals surface area contributed by atoms with E-state index in [1.54, 1.807) is 32.0 Å². The minimum Gasteiger partial charge on any atom is -0.505 e. The number of hydrogen-bond acceptors (Lipinski definition) is 9. The number of benzene rings is 1. The van der Waals surface area contributed by atoms with Crippen LogP contribution in [0, 0.1) is 26.7 Å². The number of aryl methyl sites for hydroxylation is 3. The van der Waals surface area contributed by atoms with Gasteiger partial charge in [-0.2, -0.15) is 0 Å². The van der Waals surface area contributed by atoms with E-state index in [1.165, 1.54) is 11.8 Å². The molecular formula is C33H36N4O6S. The van der Waals surface area contributed by atoms with Crippen molar-refractivity contribution in [3.63, 3.8) is 0 Å². The minimum absolute atomic E-state index is 0.132. The average molecular weight is 617 g/mol. The maximum atomic E-state index is 13.8. The van der Waals surface area contributed by atoms with Gasteiger partial charge in [0.05, 0.1) is 41.1 Å². The van der Waals surface area contributed by atoms with Gasteiger partial charge in [-0.3, -0.25) is 19.3 Å². The van der Waals surface area contributed by atoms with Crippen LogP contribution in [-0.4, -0.2) is 50.2 Å². The first-order valence-electron chi connectivity index (χ1n) is 14.6. The van der Waals surface area contributed by atoms with Gasteiger partial charge in [0.2, 0.25) is 0 Å². The van der Waals surface area contributed by atoms with E-state index in [4.69, 9.17) is 9.47 Å². The van der Waals surface area contributed by atoms with Crippen LogP contribution in [0.3, 0.4) is 0 Å². The van der Waals surface area contributed by atoms with Crippen LogP contribution >= 0.6 is 11.3 Å². The molecule has 1 aliphatic heterocycles. The molecule has 3 aromatic heterocycles. The van der Waals surface area contributed by atoms with E-state index in [2.05, 4.69) is 23.8 Å². The minimum atomic E-state index is -1.07. The van der Waals surface area contributed by atoms with Gasteiger partial charge in [-0.05, 0) is 69.4 Å². The van der Waals surface area contributed by atoms with Crippen molar-refractivity contribution >= 4 is 45.3 Å². The van der Waals surface area contributed by atoms with Crippen molar-refractivity contribution in [3.8, 4) is 11.5 Å². The van der Waals surface area contributed by atoms with Gasteiger partial charge in [0.1, 0.15) is 11.3 Å². The van der Waals surface area contributed by atoms with E-state index in [0.29, 0.717) is 58.1 Å². The molecule has 1 amide bonds. The molecule has 0 radical (unpaired) electrons. The van der Waals surface area contributed by atoms with Crippen molar-refractivity contribution in [2.24, 2.45) is 5.92 Å². The Balaban J connectivity index is 1.72. The molecule has 1 aliphatic rings. The van der Waals surface area contributed by atoms with Gasteiger partial charge >= 0.3 is 5.91 Å². The first-order chi connectivity index (χ1) is 20.9. The Labute approximate surface area is 260 Å². The molecule has 5 rings (SSSR count). The Morgan fingerprint density at radius 1 is 1.09 bits per heavy atom. The summed E-state index contributed by atoms with van der Waals surface area (Å²) < 4.78 is 13.8. The summed E-state index contributed by atoms with van der Waals surface area (Å²) in [6, 6.07) is 7.91. The number of ketones is 2. The first kappa shape index (κ1) is 30.9. The number of amides is 1. The molecule has 230 valence electrons. The zero-order valence-corrected chi connectivity index (χ0v) is 26.7. The maximum absolute atomic E-state index is 13.8. The highest BCUT2D eigenvalue weighted by atomic mass is 32.1. The zero-order valence-electron chi connectivity index (χ0n) is 25.9. The Kier molecular flexibility index (Phi) is 8.60. The standard InChI is InChI=1S/C33H36N4O6S/c1-8-42-24-16-22(11-12-23(24)43-15-13-17(2)3)27-25(28(39)26-20(6)36-14-9-10-18(4)31(36)35-26)29(40)32(41)37(27)33-34-19(5)30(44-33)21(7)38/h9-12,14,16-17,27,39H,8,13,15H2,1-7H3/b28-25+. The van der Waals surface area contributed by atoms with Crippen LogP contribution in [0.1, 0.15) is 78.0 Å². The lowest BCUT2D eigenvalue weighted by atomic mass is 9.96. The highest BCUT2D eigenvalue weighted by molar-refractivity contribution is 7.18. The summed E-state index contributed by atoms with van der Waals surface area (Å²) in [7, 11) is 0. The number of aliphatic hydroxyl groups is 1. The Morgan fingerprint density at radius 3 is 2.48 bits per heavy atom. The second-order valence-corrected chi connectivity index (χ2v) is 12.2. The molecule has 11 heteroatoms. The van der Waals surface area contributed by atoms with E-state index in [0.717, 1.165) is 23.3 Å². The molecule has 1 N–H and O–H groups in total. The number of imidazole rings is 1. The lowest BCUT2D eigenvalue weighted by Crippen LogP contribution is -2.29. The second kappa shape index (κ2) is 12.2. The lowest BCUT2D eigenvalue weighted by molar-refractivity contribution is -0.132. The summed E-state index contributed by atoms with van der Waals surface area (Å²) in [5.41, 5.74) is 3.14. The number of ether oxygens (including phenoxy) is 2. The molecule has 1 atom stereocenters. The predicted molar refractivity (Wildman–Crippen MR) is 169 cm³/mol. The number of thiazole rings is 1. The van der Waals surface area contributed by atoms with Crippen molar-refractivity contribution < 1.29 is 29.0 Å². The molecule has 0 spiro atoms. The Morgan fingerprint density at radius 2 is 1.84 bits per heavy atom. The fraction of sp³-hybridized carbons (Fsp3) is 0.364. The average Bonchev–Trinajstić information content (AvgIpc) is 3.61. The van der Waals surface area contributed by atoms with Gasteiger partial charge in [-0.25, -0.2) is 9.97 Å². The van der Waals surface area contributed by atoms with E-state index >= 15 is 0 Å². The summed E-state index contributed by atoms with van der Waals surface area (Å²) >= 11 is 1.03. The number of carbonyl (C=O) groups excluding carboxylic acids is 3. The number of pyridine rings is 1. The van der Waals surface area contributed by atoms with Crippen molar-refractivity contribution in [1.29, 1.82) is 0 Å². The molecule has 4 heterocycles. The number of rotatable bonds is 10. The molecule has 1 fully saturated rings. The highest BCUT2D eigenvalue weighted by Gasteiger charge is 2.49. The second-order valence-electron chi connectivity index (χ2n) is 11.2. The molecule has 1 unspecified atom stereocenters. The van der Waals surface area contributed by atoms with E-state index < -0.39 is 23.5 Å². The normalized spacial score (nSPS) is 16.4. The summed E-state index contributed by atoms with van der Waals surface area (Å²) in [6.07, 6.45) is 2.68. The molecule has 0 aliphatic carbocycles. The fourth-order valence-electron chi connectivity index (χ4n) is 5.32. The van der Waals surface area contributed by atoms with Gasteiger partial charge in [-0.1, -0.05) is 37.3 Å². The quantitative estimate of drug-likeness (QED) is 0.0944. The number of anilines is 1. The largest absolute Gasteiger partial charge is 0.505 e. The number of Topliss-reactive ketones (excluding diaryl/α,β-unsaturated/α-hetero) is 2. The SMILES string of the molecule is CCOc1cc(C2/C(=C(\O)c3nc4c(C)cccn4c3C)C(=O)C(=O)N2c2nc(C)c(C(C)=O)s2)ccc1OCCC(C)C. The van der Waals surface area contributed by atoms with E-state index in [9.17, 15) is 19.5 Å². The molecule has 1 aromatic carbocycles. The van der Waals surface area contributed by atoms with Crippen molar-refractivity contribution in [2.45, 2.75) is 60.9 Å². The summed E-state index contributed by atoms with van der Waals surface area (Å²) in [6.45, 7) is 13.7. The predicted octanol–water partition coefficient (Wildman–Crippen LogP) is 6.37. The van der Waals surface area contributed by atoms with Gasteiger partial charge in [0.15, 0.2) is 28.2 Å². The third-order valence-electron chi connectivity index (χ3n) is 7.60. The third kappa shape index (κ3) is 5.47.